The Hall–Kier alpha value is -2.85. The SMILES string of the molecule is OCCCCOc1ccc(-c2cccc(/C=C/C3=NC(c4ccc(Cl)cc4Cl)=CC3)c2)cc1. The largest absolute Gasteiger partial charge is 0.494 e. The number of rotatable bonds is 9. The summed E-state index contributed by atoms with van der Waals surface area (Å²) < 4.78 is 5.72. The highest BCUT2D eigenvalue weighted by atomic mass is 35.5. The van der Waals surface area contributed by atoms with Gasteiger partial charge in [-0.05, 0) is 72.0 Å². The van der Waals surface area contributed by atoms with Crippen molar-refractivity contribution >= 4 is 40.7 Å². The van der Waals surface area contributed by atoms with Gasteiger partial charge in [0.2, 0.25) is 0 Å². The summed E-state index contributed by atoms with van der Waals surface area (Å²) in [7, 11) is 0. The number of nitrogens with zero attached hydrogens (tertiary/aromatic N) is 1. The zero-order chi connectivity index (χ0) is 23.0. The Morgan fingerprint density at radius 2 is 1.76 bits per heavy atom. The van der Waals surface area contributed by atoms with Gasteiger partial charge in [0.25, 0.3) is 0 Å². The maximum atomic E-state index is 8.85. The summed E-state index contributed by atoms with van der Waals surface area (Å²) in [6.45, 7) is 0.819. The highest BCUT2D eigenvalue weighted by molar-refractivity contribution is 6.35. The van der Waals surface area contributed by atoms with Crippen molar-refractivity contribution in [3.63, 3.8) is 0 Å². The third-order valence-electron chi connectivity index (χ3n) is 5.34. The predicted octanol–water partition coefficient (Wildman–Crippen LogP) is 7.71. The van der Waals surface area contributed by atoms with Crippen LogP contribution < -0.4 is 4.74 Å². The van der Waals surface area contributed by atoms with Crippen LogP contribution in [0.2, 0.25) is 10.0 Å². The molecule has 3 nitrogen and oxygen atoms in total. The molecule has 0 fully saturated rings. The Labute approximate surface area is 204 Å². The van der Waals surface area contributed by atoms with Crippen LogP contribution in [0.1, 0.15) is 30.4 Å². The zero-order valence-electron chi connectivity index (χ0n) is 18.2. The Morgan fingerprint density at radius 3 is 2.55 bits per heavy atom. The fourth-order valence-electron chi connectivity index (χ4n) is 3.58. The van der Waals surface area contributed by atoms with Crippen molar-refractivity contribution in [3.05, 3.63) is 100 Å². The van der Waals surface area contributed by atoms with Gasteiger partial charge >= 0.3 is 0 Å². The molecule has 0 spiro atoms. The first kappa shape index (κ1) is 23.3. The van der Waals surface area contributed by atoms with E-state index in [2.05, 4.69) is 54.6 Å². The smallest absolute Gasteiger partial charge is 0.119 e. The lowest BCUT2D eigenvalue weighted by Gasteiger charge is -2.07. The van der Waals surface area contributed by atoms with E-state index in [4.69, 9.17) is 38.0 Å². The lowest BCUT2D eigenvalue weighted by atomic mass is 10.0. The first-order valence-corrected chi connectivity index (χ1v) is 11.7. The normalized spacial score (nSPS) is 13.3. The van der Waals surface area contributed by atoms with Crippen LogP contribution in [0.4, 0.5) is 0 Å². The Kier molecular flexibility index (Phi) is 8.01. The van der Waals surface area contributed by atoms with Crippen LogP contribution in [0.3, 0.4) is 0 Å². The van der Waals surface area contributed by atoms with E-state index in [1.165, 1.54) is 0 Å². The van der Waals surface area contributed by atoms with Crippen molar-refractivity contribution in [1.29, 1.82) is 0 Å². The number of halogens is 2. The average molecular weight is 478 g/mol. The molecular weight excluding hydrogens is 453 g/mol. The van der Waals surface area contributed by atoms with Crippen molar-refractivity contribution in [2.45, 2.75) is 19.3 Å². The number of aliphatic hydroxyl groups excluding tert-OH is 1. The third-order valence-corrected chi connectivity index (χ3v) is 5.89. The summed E-state index contributed by atoms with van der Waals surface area (Å²) in [5.74, 6) is 0.844. The fourth-order valence-corrected chi connectivity index (χ4v) is 4.09. The molecule has 0 unspecified atom stereocenters. The van der Waals surface area contributed by atoms with Crippen LogP contribution in [0.15, 0.2) is 83.9 Å². The third kappa shape index (κ3) is 6.35. The van der Waals surface area contributed by atoms with Gasteiger partial charge in [0, 0.05) is 29.3 Å². The minimum atomic E-state index is 0.203. The van der Waals surface area contributed by atoms with Gasteiger partial charge in [-0.1, -0.05) is 65.7 Å². The van der Waals surface area contributed by atoms with Crippen LogP contribution in [0, 0.1) is 0 Å². The zero-order valence-corrected chi connectivity index (χ0v) is 19.7. The van der Waals surface area contributed by atoms with E-state index in [9.17, 15) is 0 Å². The molecule has 1 N–H and O–H groups in total. The van der Waals surface area contributed by atoms with Crippen LogP contribution in [0.25, 0.3) is 22.9 Å². The minimum Gasteiger partial charge on any atom is -0.494 e. The monoisotopic (exact) mass is 477 g/mol. The summed E-state index contributed by atoms with van der Waals surface area (Å²) in [6.07, 6.45) is 8.60. The molecule has 168 valence electrons. The van der Waals surface area contributed by atoms with E-state index in [1.807, 2.05) is 24.3 Å². The molecule has 5 heteroatoms. The number of ether oxygens (including phenoxy) is 1. The van der Waals surface area contributed by atoms with Crippen molar-refractivity contribution in [2.75, 3.05) is 13.2 Å². The molecule has 0 aromatic heterocycles. The number of aliphatic hydroxyl groups is 1. The molecule has 0 saturated heterocycles. The molecule has 3 aromatic carbocycles. The van der Waals surface area contributed by atoms with E-state index >= 15 is 0 Å². The van der Waals surface area contributed by atoms with Gasteiger partial charge in [-0.2, -0.15) is 0 Å². The van der Waals surface area contributed by atoms with Crippen molar-refractivity contribution in [2.24, 2.45) is 4.99 Å². The van der Waals surface area contributed by atoms with Crippen LogP contribution in [-0.4, -0.2) is 24.0 Å². The lowest BCUT2D eigenvalue weighted by Crippen LogP contribution is -1.98. The summed E-state index contributed by atoms with van der Waals surface area (Å²) >= 11 is 12.3. The standard InChI is InChI=1S/C28H25Cl2NO2/c29-23-9-14-26(27(30)19-23)28-15-11-24(31-28)10-6-20-4-3-5-22(18-20)21-7-12-25(13-8-21)33-17-2-1-16-32/h3-10,12-15,18-19,32H,1-2,11,16-17H2/b10-6+. The summed E-state index contributed by atoms with van der Waals surface area (Å²) in [6, 6.07) is 22.0. The maximum absolute atomic E-state index is 8.85. The number of benzene rings is 3. The second kappa shape index (κ2) is 11.3. The number of hydrogen-bond acceptors (Lipinski definition) is 3. The first-order chi connectivity index (χ1) is 16.1. The molecule has 1 heterocycles. The second-order valence-corrected chi connectivity index (χ2v) is 8.63. The molecule has 0 radical (unpaired) electrons. The van der Waals surface area contributed by atoms with Crippen molar-refractivity contribution in [1.82, 2.24) is 0 Å². The summed E-state index contributed by atoms with van der Waals surface area (Å²) in [4.78, 5) is 4.73. The quantitative estimate of drug-likeness (QED) is 0.320. The van der Waals surface area contributed by atoms with E-state index in [1.54, 1.807) is 6.07 Å². The number of hydrogen-bond donors (Lipinski definition) is 1. The molecule has 1 aliphatic rings. The van der Waals surface area contributed by atoms with Gasteiger partial charge < -0.3 is 9.84 Å². The van der Waals surface area contributed by atoms with Gasteiger partial charge in [0.05, 0.1) is 17.3 Å². The molecule has 0 amide bonds. The van der Waals surface area contributed by atoms with Gasteiger partial charge in [-0.15, -0.1) is 0 Å². The fraction of sp³-hybridized carbons (Fsp3) is 0.179. The molecule has 0 bridgehead atoms. The molecule has 0 saturated carbocycles. The molecule has 1 aliphatic heterocycles. The van der Waals surface area contributed by atoms with Crippen molar-refractivity contribution < 1.29 is 9.84 Å². The topological polar surface area (TPSA) is 41.8 Å². The Morgan fingerprint density at radius 1 is 0.909 bits per heavy atom. The Balaban J connectivity index is 1.41. The van der Waals surface area contributed by atoms with E-state index < -0.39 is 0 Å². The first-order valence-electron chi connectivity index (χ1n) is 11.0. The second-order valence-electron chi connectivity index (χ2n) is 7.78. The predicted molar refractivity (Wildman–Crippen MR) is 139 cm³/mol. The van der Waals surface area contributed by atoms with E-state index in [-0.39, 0.29) is 6.61 Å². The van der Waals surface area contributed by atoms with Crippen molar-refractivity contribution in [3.8, 4) is 16.9 Å². The molecule has 4 rings (SSSR count). The summed E-state index contributed by atoms with van der Waals surface area (Å²) in [5, 5.41) is 10.1. The van der Waals surface area contributed by atoms with E-state index in [0.29, 0.717) is 16.7 Å². The molecule has 0 atom stereocenters. The van der Waals surface area contributed by atoms with E-state index in [0.717, 1.165) is 58.7 Å². The molecule has 3 aromatic rings. The maximum Gasteiger partial charge on any atom is 0.119 e. The van der Waals surface area contributed by atoms with Crippen LogP contribution in [0.5, 0.6) is 5.75 Å². The molecule has 33 heavy (non-hydrogen) atoms. The molecular formula is C28H25Cl2NO2. The number of aliphatic imine (C=N–C) groups is 1. The average Bonchev–Trinajstić information content (AvgIpc) is 3.30. The highest BCUT2D eigenvalue weighted by Crippen LogP contribution is 2.31. The van der Waals surface area contributed by atoms with Gasteiger partial charge in [-0.3, -0.25) is 4.99 Å². The van der Waals surface area contributed by atoms with Gasteiger partial charge in [-0.25, -0.2) is 0 Å². The van der Waals surface area contributed by atoms with Crippen LogP contribution in [-0.2, 0) is 0 Å². The van der Waals surface area contributed by atoms with Crippen LogP contribution >= 0.6 is 23.2 Å². The highest BCUT2D eigenvalue weighted by Gasteiger charge is 2.12. The lowest BCUT2D eigenvalue weighted by molar-refractivity contribution is 0.253. The molecule has 0 aliphatic carbocycles. The van der Waals surface area contributed by atoms with Gasteiger partial charge in [0.15, 0.2) is 0 Å². The number of allylic oxidation sites excluding steroid dienone is 2. The number of unbranched alkanes of at least 4 members (excludes halogenated alkanes) is 1. The van der Waals surface area contributed by atoms with Gasteiger partial charge in [0.1, 0.15) is 5.75 Å². The summed E-state index contributed by atoms with van der Waals surface area (Å²) in [5.41, 5.74) is 6.15. The minimum absolute atomic E-state index is 0.203. The Bertz CT molecular complexity index is 1200.